The minimum Gasteiger partial charge on any atom is -0.348 e. The molecule has 3 aromatic rings. The van der Waals surface area contributed by atoms with E-state index in [1.54, 1.807) is 6.92 Å². The molecule has 4 amide bonds. The van der Waals surface area contributed by atoms with Crippen LogP contribution >= 0.6 is 0 Å². The summed E-state index contributed by atoms with van der Waals surface area (Å²) in [6.45, 7) is 9.56. The van der Waals surface area contributed by atoms with Crippen LogP contribution in [0.5, 0.6) is 0 Å². The number of imide groups is 1. The second kappa shape index (κ2) is 9.61. The molecule has 186 valence electrons. The molecule has 4 rings (SSSR count). The second-order valence-corrected chi connectivity index (χ2v) is 10.6. The Morgan fingerprint density at radius 3 is 2.08 bits per heavy atom. The van der Waals surface area contributed by atoms with Crippen LogP contribution in [0.1, 0.15) is 57.4 Å². The van der Waals surface area contributed by atoms with Crippen molar-refractivity contribution in [3.63, 3.8) is 0 Å². The normalized spacial score (nSPS) is 18.6. The topological polar surface area (TPSA) is 78.5 Å². The lowest BCUT2D eigenvalue weighted by Gasteiger charge is -2.24. The van der Waals surface area contributed by atoms with Gasteiger partial charge < -0.3 is 10.6 Å². The van der Waals surface area contributed by atoms with E-state index in [4.69, 9.17) is 0 Å². The molecule has 1 saturated heterocycles. The van der Waals surface area contributed by atoms with E-state index in [0.29, 0.717) is 5.56 Å². The number of rotatable bonds is 6. The highest BCUT2D eigenvalue weighted by Crippen LogP contribution is 2.31. The van der Waals surface area contributed by atoms with Crippen LogP contribution in [-0.4, -0.2) is 29.3 Å². The van der Waals surface area contributed by atoms with E-state index in [9.17, 15) is 14.4 Å². The second-order valence-electron chi connectivity index (χ2n) is 10.6. The lowest BCUT2D eigenvalue weighted by molar-refractivity contribution is -0.135. The van der Waals surface area contributed by atoms with Crippen molar-refractivity contribution in [2.24, 2.45) is 0 Å². The smallest absolute Gasteiger partial charge is 0.325 e. The minimum absolute atomic E-state index is 0.0228. The summed E-state index contributed by atoms with van der Waals surface area (Å²) >= 11 is 0. The summed E-state index contributed by atoms with van der Waals surface area (Å²) < 4.78 is 0. The van der Waals surface area contributed by atoms with Gasteiger partial charge >= 0.3 is 6.03 Å². The maximum atomic E-state index is 13.2. The average Bonchev–Trinajstić information content (AvgIpc) is 3.08. The van der Waals surface area contributed by atoms with Gasteiger partial charge in [-0.3, -0.25) is 14.5 Å². The molecule has 1 fully saturated rings. The van der Waals surface area contributed by atoms with E-state index in [1.165, 1.54) is 0 Å². The van der Waals surface area contributed by atoms with Crippen LogP contribution in [0.2, 0.25) is 0 Å². The molecule has 2 atom stereocenters. The molecule has 6 nitrogen and oxygen atoms in total. The van der Waals surface area contributed by atoms with Gasteiger partial charge in [-0.05, 0) is 47.1 Å². The SMILES string of the molecule is C[C@@H](NC(=O)CN1C(=O)N[C@](C)(c2ccc(C(C)(C)C)cc2)C1=O)c1ccc(-c2ccccc2)cc1. The summed E-state index contributed by atoms with van der Waals surface area (Å²) in [4.78, 5) is 39.7. The molecule has 2 N–H and O–H groups in total. The standard InChI is InChI=1S/C30H33N3O3/c1-20(21-11-13-23(14-12-21)22-9-7-6-8-10-22)31-26(34)19-33-27(35)30(5,32-28(33)36)25-17-15-24(16-18-25)29(2,3)4/h6-18,20H,19H2,1-5H3,(H,31,34)(H,32,36)/t20-,30-/m1/s1. The van der Waals surface area contributed by atoms with Gasteiger partial charge in [0.1, 0.15) is 12.1 Å². The van der Waals surface area contributed by atoms with Crippen LogP contribution in [0.25, 0.3) is 11.1 Å². The summed E-state index contributed by atoms with van der Waals surface area (Å²) in [5.74, 6) is -0.837. The fraction of sp³-hybridized carbons (Fsp3) is 0.300. The van der Waals surface area contributed by atoms with Crippen molar-refractivity contribution >= 4 is 17.8 Å². The minimum atomic E-state index is -1.22. The van der Waals surface area contributed by atoms with E-state index >= 15 is 0 Å². The molecule has 3 aromatic carbocycles. The third-order valence-electron chi connectivity index (χ3n) is 6.80. The Morgan fingerprint density at radius 2 is 1.50 bits per heavy atom. The molecule has 36 heavy (non-hydrogen) atoms. The number of hydrogen-bond acceptors (Lipinski definition) is 3. The third kappa shape index (κ3) is 5.03. The molecule has 0 unspecified atom stereocenters. The van der Waals surface area contributed by atoms with E-state index in [0.717, 1.165) is 27.2 Å². The molecule has 0 radical (unpaired) electrons. The Labute approximate surface area is 212 Å². The lowest BCUT2D eigenvalue weighted by atomic mass is 9.84. The molecule has 0 saturated carbocycles. The molecule has 1 aliphatic heterocycles. The molecular weight excluding hydrogens is 450 g/mol. The summed E-state index contributed by atoms with van der Waals surface area (Å²) in [5, 5.41) is 5.68. The zero-order valence-electron chi connectivity index (χ0n) is 21.5. The van der Waals surface area contributed by atoms with Crippen molar-refractivity contribution in [1.29, 1.82) is 0 Å². The van der Waals surface area contributed by atoms with E-state index in [1.807, 2.05) is 85.8 Å². The van der Waals surface area contributed by atoms with E-state index < -0.39 is 23.4 Å². The van der Waals surface area contributed by atoms with Gasteiger partial charge in [0.2, 0.25) is 5.91 Å². The Morgan fingerprint density at radius 1 is 0.917 bits per heavy atom. The zero-order chi connectivity index (χ0) is 26.1. The van der Waals surface area contributed by atoms with Crippen molar-refractivity contribution in [3.05, 3.63) is 95.6 Å². The van der Waals surface area contributed by atoms with Crippen LogP contribution in [0.4, 0.5) is 4.79 Å². The number of carbonyl (C=O) groups is 3. The first-order chi connectivity index (χ1) is 17.0. The highest BCUT2D eigenvalue weighted by molar-refractivity contribution is 6.09. The summed E-state index contributed by atoms with van der Waals surface area (Å²) in [5.41, 5.74) is 3.72. The Bertz CT molecular complexity index is 1260. The molecule has 0 spiro atoms. The number of benzene rings is 3. The average molecular weight is 484 g/mol. The molecule has 1 aliphatic rings. The molecule has 6 heteroatoms. The number of urea groups is 1. The quantitative estimate of drug-likeness (QED) is 0.467. The Hall–Kier alpha value is -3.93. The first-order valence-corrected chi connectivity index (χ1v) is 12.2. The van der Waals surface area contributed by atoms with E-state index in [2.05, 4.69) is 31.4 Å². The Kier molecular flexibility index (Phi) is 6.72. The van der Waals surface area contributed by atoms with Gasteiger partial charge in [0.25, 0.3) is 5.91 Å². The maximum absolute atomic E-state index is 13.2. The third-order valence-corrected chi connectivity index (χ3v) is 6.80. The van der Waals surface area contributed by atoms with Crippen LogP contribution in [0.3, 0.4) is 0 Å². The first kappa shape index (κ1) is 25.2. The highest BCUT2D eigenvalue weighted by atomic mass is 16.2. The predicted molar refractivity (Wildman–Crippen MR) is 141 cm³/mol. The lowest BCUT2D eigenvalue weighted by Crippen LogP contribution is -2.43. The van der Waals surface area contributed by atoms with Gasteiger partial charge in [0.15, 0.2) is 0 Å². The highest BCUT2D eigenvalue weighted by Gasteiger charge is 2.49. The van der Waals surface area contributed by atoms with Crippen LogP contribution in [-0.2, 0) is 20.5 Å². The molecular formula is C30H33N3O3. The fourth-order valence-corrected chi connectivity index (χ4v) is 4.45. The van der Waals surface area contributed by atoms with E-state index in [-0.39, 0.29) is 18.0 Å². The Balaban J connectivity index is 1.41. The predicted octanol–water partition coefficient (Wildman–Crippen LogP) is 5.30. The molecule has 0 bridgehead atoms. The summed E-state index contributed by atoms with van der Waals surface area (Å²) in [6.07, 6.45) is 0. The van der Waals surface area contributed by atoms with Gasteiger partial charge in [-0.15, -0.1) is 0 Å². The van der Waals surface area contributed by atoms with Crippen molar-refractivity contribution in [2.45, 2.75) is 51.6 Å². The number of amides is 4. The van der Waals surface area contributed by atoms with Crippen LogP contribution in [0, 0.1) is 0 Å². The number of carbonyl (C=O) groups excluding carboxylic acids is 3. The maximum Gasteiger partial charge on any atom is 0.325 e. The van der Waals surface area contributed by atoms with Gasteiger partial charge in [0, 0.05) is 0 Å². The van der Waals surface area contributed by atoms with Crippen molar-refractivity contribution in [1.82, 2.24) is 15.5 Å². The van der Waals surface area contributed by atoms with Gasteiger partial charge in [-0.25, -0.2) is 4.79 Å². The van der Waals surface area contributed by atoms with Crippen molar-refractivity contribution < 1.29 is 14.4 Å². The summed E-state index contributed by atoms with van der Waals surface area (Å²) in [6, 6.07) is 24.9. The number of hydrogen-bond donors (Lipinski definition) is 2. The molecule has 0 aromatic heterocycles. The van der Waals surface area contributed by atoms with Crippen LogP contribution in [0.15, 0.2) is 78.9 Å². The number of nitrogens with one attached hydrogen (secondary N) is 2. The van der Waals surface area contributed by atoms with Gasteiger partial charge in [-0.1, -0.05) is 99.6 Å². The largest absolute Gasteiger partial charge is 0.348 e. The van der Waals surface area contributed by atoms with Gasteiger partial charge in [0.05, 0.1) is 6.04 Å². The monoisotopic (exact) mass is 483 g/mol. The molecule has 1 heterocycles. The van der Waals surface area contributed by atoms with Crippen molar-refractivity contribution in [3.8, 4) is 11.1 Å². The zero-order valence-corrected chi connectivity index (χ0v) is 21.5. The van der Waals surface area contributed by atoms with Crippen molar-refractivity contribution in [2.75, 3.05) is 6.54 Å². The number of nitrogens with zero attached hydrogens (tertiary/aromatic N) is 1. The fourth-order valence-electron chi connectivity index (χ4n) is 4.45. The molecule has 0 aliphatic carbocycles. The van der Waals surface area contributed by atoms with Crippen LogP contribution < -0.4 is 10.6 Å². The first-order valence-electron chi connectivity index (χ1n) is 12.2. The summed E-state index contributed by atoms with van der Waals surface area (Å²) in [7, 11) is 0. The van der Waals surface area contributed by atoms with Gasteiger partial charge in [-0.2, -0.15) is 0 Å².